The lowest BCUT2D eigenvalue weighted by Gasteiger charge is -2.24. The highest BCUT2D eigenvalue weighted by Crippen LogP contribution is 2.22. The number of nitrogens with one attached hydrogen (secondary N) is 2. The second-order valence-corrected chi connectivity index (χ2v) is 8.37. The molecular weight excluding hydrogens is 430 g/mol. The Labute approximate surface area is 185 Å². The summed E-state index contributed by atoms with van der Waals surface area (Å²) in [6.07, 6.45) is 2.78. The van der Waals surface area contributed by atoms with Crippen LogP contribution in [0.4, 0.5) is 0 Å². The smallest absolute Gasteiger partial charge is 0.243 e. The van der Waals surface area contributed by atoms with E-state index in [2.05, 4.69) is 16.4 Å². The minimum absolute atomic E-state index is 0.0255. The van der Waals surface area contributed by atoms with E-state index in [1.165, 1.54) is 0 Å². The normalized spacial score (nSPS) is 14.7. The number of hydrogen-bond acceptors (Lipinski definition) is 9. The first-order valence-electron chi connectivity index (χ1n) is 10.2. The van der Waals surface area contributed by atoms with Crippen LogP contribution in [-0.4, -0.2) is 70.9 Å². The maximum atomic E-state index is 12.3. The third-order valence-corrected chi connectivity index (χ3v) is 5.91. The van der Waals surface area contributed by atoms with Crippen LogP contribution in [0.25, 0.3) is 0 Å². The van der Waals surface area contributed by atoms with E-state index in [4.69, 9.17) is 0 Å². The number of hydrogen-bond donors (Lipinski definition) is 4. The van der Waals surface area contributed by atoms with Gasteiger partial charge in [-0.2, -0.15) is 11.8 Å². The molecule has 0 saturated carbocycles. The number of aliphatic carboxylic acids is 2. The molecule has 31 heavy (non-hydrogen) atoms. The molecule has 2 amide bonds. The zero-order valence-electron chi connectivity index (χ0n) is 17.7. The zero-order chi connectivity index (χ0) is 23.8. The largest absolute Gasteiger partial charge is 0.548 e. The summed E-state index contributed by atoms with van der Waals surface area (Å²) in [5.74, 6) is -4.34. The van der Waals surface area contributed by atoms with E-state index < -0.39 is 53.7 Å². The summed E-state index contributed by atoms with van der Waals surface area (Å²) < 4.78 is 0. The number of carbonyl (C=O) groups excluding carboxylic acids is 5. The standard InChI is InChI=1S/C19H33N3O8S/c1-2-3-4-5-14(24)15(8-9-23)31-11-13(18(28)21-10-17(26)27)22-16(25)7-6-12(20)19(29)30/h9,12-15,24H,2-8,10-11,20H2,1H3,(H,21,28)(H,22,25)(H,26,27)(H,29,30)/p-1/t12-,13-,14?,15?/m0/s1. The van der Waals surface area contributed by atoms with Crippen molar-refractivity contribution in [3.05, 3.63) is 0 Å². The van der Waals surface area contributed by atoms with E-state index in [1.54, 1.807) is 0 Å². The number of rotatable bonds is 18. The number of aliphatic hydroxyl groups excluding tert-OH is 1. The maximum Gasteiger partial charge on any atom is 0.243 e. The van der Waals surface area contributed by atoms with Crippen LogP contribution in [0, 0.1) is 0 Å². The highest BCUT2D eigenvalue weighted by atomic mass is 32.2. The third-order valence-electron chi connectivity index (χ3n) is 4.45. The summed E-state index contributed by atoms with van der Waals surface area (Å²) in [6, 6.07) is -2.25. The average molecular weight is 463 g/mol. The Balaban J connectivity index is 5.02. The Hall–Kier alpha value is -2.18. The number of carboxylic acids is 2. The molecule has 0 bridgehead atoms. The molecule has 11 nitrogen and oxygen atoms in total. The first-order chi connectivity index (χ1) is 14.6. The Bertz CT molecular complexity index is 605. The molecule has 0 aromatic carbocycles. The number of carboxylic acid groups (broad SMARTS) is 2. The molecule has 0 aliphatic heterocycles. The van der Waals surface area contributed by atoms with Gasteiger partial charge in [-0.25, -0.2) is 0 Å². The first-order valence-corrected chi connectivity index (χ1v) is 11.2. The number of aldehydes is 1. The fourth-order valence-corrected chi connectivity index (χ4v) is 3.84. The van der Waals surface area contributed by atoms with Crippen molar-refractivity contribution in [1.29, 1.82) is 0 Å². The second kappa shape index (κ2) is 16.5. The number of amides is 2. The molecule has 4 atom stereocenters. The van der Waals surface area contributed by atoms with E-state index in [0.29, 0.717) is 12.7 Å². The van der Waals surface area contributed by atoms with Gasteiger partial charge in [-0.3, -0.25) is 9.59 Å². The minimum atomic E-state index is -1.51. The topological polar surface area (TPSA) is 203 Å². The highest BCUT2D eigenvalue weighted by molar-refractivity contribution is 8.00. The van der Waals surface area contributed by atoms with Crippen LogP contribution in [0.15, 0.2) is 0 Å². The van der Waals surface area contributed by atoms with Gasteiger partial charge in [-0.1, -0.05) is 26.2 Å². The first kappa shape index (κ1) is 28.8. The summed E-state index contributed by atoms with van der Waals surface area (Å²) in [5, 5.41) is 35.7. The molecule has 6 N–H and O–H groups in total. The van der Waals surface area contributed by atoms with Crippen molar-refractivity contribution in [2.45, 2.75) is 75.3 Å². The van der Waals surface area contributed by atoms with Crippen LogP contribution < -0.4 is 26.6 Å². The predicted octanol–water partition coefficient (Wildman–Crippen LogP) is -3.89. The number of quaternary nitrogens is 1. The molecular formula is C19H32N3O8S-. The second-order valence-electron chi connectivity index (χ2n) is 7.10. The van der Waals surface area contributed by atoms with Crippen molar-refractivity contribution in [2.75, 3.05) is 12.3 Å². The van der Waals surface area contributed by atoms with Gasteiger partial charge in [0.2, 0.25) is 11.8 Å². The molecule has 0 rings (SSSR count). The number of carbonyl (C=O) groups is 5. The number of thioether (sulfide) groups is 1. The molecule has 0 saturated heterocycles. The third kappa shape index (κ3) is 13.7. The van der Waals surface area contributed by atoms with Gasteiger partial charge >= 0.3 is 0 Å². The molecule has 0 radical (unpaired) electrons. The highest BCUT2D eigenvalue weighted by Gasteiger charge is 2.26. The van der Waals surface area contributed by atoms with E-state index in [9.17, 15) is 39.3 Å². The van der Waals surface area contributed by atoms with Gasteiger partial charge in [0.15, 0.2) is 0 Å². The number of unbranched alkanes of at least 4 members (excludes halogenated alkanes) is 2. The van der Waals surface area contributed by atoms with Crippen LogP contribution >= 0.6 is 11.8 Å². The van der Waals surface area contributed by atoms with Gasteiger partial charge in [0.05, 0.1) is 24.6 Å². The number of aliphatic hydroxyl groups is 1. The Morgan fingerprint density at radius 1 is 1.16 bits per heavy atom. The van der Waals surface area contributed by atoms with Crippen molar-refractivity contribution in [2.24, 2.45) is 0 Å². The lowest BCUT2D eigenvalue weighted by Crippen LogP contribution is -2.68. The van der Waals surface area contributed by atoms with Crippen molar-refractivity contribution in [3.8, 4) is 0 Å². The van der Waals surface area contributed by atoms with Gasteiger partial charge in [0.1, 0.15) is 18.4 Å². The fourth-order valence-electron chi connectivity index (χ4n) is 2.60. The molecule has 178 valence electrons. The van der Waals surface area contributed by atoms with Crippen molar-refractivity contribution in [1.82, 2.24) is 10.6 Å². The minimum Gasteiger partial charge on any atom is -0.548 e. The predicted molar refractivity (Wildman–Crippen MR) is 108 cm³/mol. The van der Waals surface area contributed by atoms with Gasteiger partial charge in [0, 0.05) is 30.3 Å². The van der Waals surface area contributed by atoms with Crippen LogP contribution in [0.3, 0.4) is 0 Å². The summed E-state index contributed by atoms with van der Waals surface area (Å²) in [4.78, 5) is 56.7. The van der Waals surface area contributed by atoms with Crippen molar-refractivity contribution >= 4 is 41.8 Å². The van der Waals surface area contributed by atoms with Gasteiger partial charge in [-0.15, -0.1) is 0 Å². The van der Waals surface area contributed by atoms with Crippen molar-refractivity contribution < 1.29 is 45.0 Å². The van der Waals surface area contributed by atoms with E-state index in [0.717, 1.165) is 31.0 Å². The maximum absolute atomic E-state index is 12.3. The Kier molecular flexibility index (Phi) is 15.3. The SMILES string of the molecule is CCCCCC(O)C(CC=O)SC[C@H](NC(=O)CC[C@H]([NH3+])C(=O)[O-])C(=O)NCC(=O)[O-]. The lowest BCUT2D eigenvalue weighted by atomic mass is 10.1. The molecule has 0 aliphatic rings. The molecule has 0 aromatic heterocycles. The molecule has 0 aromatic rings. The molecule has 0 spiro atoms. The summed E-state index contributed by atoms with van der Waals surface area (Å²) in [6.45, 7) is 1.27. The van der Waals surface area contributed by atoms with E-state index in [-0.39, 0.29) is 25.0 Å². The molecule has 0 heterocycles. The van der Waals surface area contributed by atoms with Gasteiger partial charge in [-0.05, 0) is 6.42 Å². The van der Waals surface area contributed by atoms with Crippen molar-refractivity contribution in [3.63, 3.8) is 0 Å². The average Bonchev–Trinajstić information content (AvgIpc) is 2.71. The summed E-state index contributed by atoms with van der Waals surface area (Å²) >= 11 is 1.12. The fraction of sp³-hybridized carbons (Fsp3) is 0.737. The monoisotopic (exact) mass is 462 g/mol. The van der Waals surface area contributed by atoms with E-state index >= 15 is 0 Å². The Morgan fingerprint density at radius 3 is 2.39 bits per heavy atom. The summed E-state index contributed by atoms with van der Waals surface area (Å²) in [5.41, 5.74) is 3.34. The zero-order valence-corrected chi connectivity index (χ0v) is 18.5. The molecule has 12 heteroatoms. The van der Waals surface area contributed by atoms with Crippen LogP contribution in [0.2, 0.25) is 0 Å². The van der Waals surface area contributed by atoms with Crippen LogP contribution in [0.5, 0.6) is 0 Å². The Morgan fingerprint density at radius 2 is 1.84 bits per heavy atom. The molecule has 2 unspecified atom stereocenters. The quantitative estimate of drug-likeness (QED) is 0.116. The van der Waals surface area contributed by atoms with Gasteiger partial charge < -0.3 is 46.1 Å². The molecule has 0 aliphatic carbocycles. The van der Waals surface area contributed by atoms with Crippen LogP contribution in [0.1, 0.15) is 51.9 Å². The van der Waals surface area contributed by atoms with E-state index in [1.807, 2.05) is 6.92 Å². The lowest BCUT2D eigenvalue weighted by molar-refractivity contribution is -0.438. The van der Waals surface area contributed by atoms with Gasteiger partial charge in [0.25, 0.3) is 0 Å². The van der Waals surface area contributed by atoms with Crippen LogP contribution in [-0.2, 0) is 24.0 Å². The summed E-state index contributed by atoms with van der Waals surface area (Å²) in [7, 11) is 0. The molecule has 0 fully saturated rings.